The molecule has 0 saturated carbocycles. The maximum Gasteiger partial charge on any atom is 0.573 e. The lowest BCUT2D eigenvalue weighted by Gasteiger charge is -2.09. The number of hydrogen-bond acceptors (Lipinski definition) is 6. The Morgan fingerprint density at radius 3 is 2.28 bits per heavy atom. The van der Waals surface area contributed by atoms with Crippen molar-refractivity contribution in [1.29, 1.82) is 0 Å². The molecule has 0 aliphatic heterocycles. The fraction of sp³-hybridized carbons (Fsp3) is 0.312. The first kappa shape index (κ1) is 19.0. The molecule has 0 fully saturated rings. The third-order valence-corrected chi connectivity index (χ3v) is 3.66. The Morgan fingerprint density at radius 2 is 1.72 bits per heavy atom. The number of thioether (sulfide) groups is 1. The molecule has 0 bridgehead atoms. The number of benzene rings is 1. The van der Waals surface area contributed by atoms with Crippen molar-refractivity contribution in [2.45, 2.75) is 32.0 Å². The summed E-state index contributed by atoms with van der Waals surface area (Å²) in [5.74, 6) is -0.758. The van der Waals surface area contributed by atoms with Crippen LogP contribution < -0.4 is 4.74 Å². The lowest BCUT2D eigenvalue weighted by Crippen LogP contribution is -2.17. The summed E-state index contributed by atoms with van der Waals surface area (Å²) < 4.78 is 45.0. The molecule has 25 heavy (non-hydrogen) atoms. The normalized spacial score (nSPS) is 11.2. The molecule has 0 spiro atoms. The van der Waals surface area contributed by atoms with Gasteiger partial charge in [-0.3, -0.25) is 4.79 Å². The SMILES string of the molecule is Cc1cc(C)nc(SCC(=O)OCc2ccc(OC(F)(F)F)cc2)n1. The van der Waals surface area contributed by atoms with E-state index in [1.165, 1.54) is 12.1 Å². The molecule has 0 saturated heterocycles. The Labute approximate surface area is 146 Å². The van der Waals surface area contributed by atoms with E-state index in [1.54, 1.807) is 0 Å². The minimum atomic E-state index is -4.73. The Hall–Kier alpha value is -2.29. The Morgan fingerprint density at radius 1 is 1.12 bits per heavy atom. The van der Waals surface area contributed by atoms with Crippen LogP contribution in [-0.2, 0) is 16.1 Å². The van der Waals surface area contributed by atoms with Gasteiger partial charge in [0.1, 0.15) is 12.4 Å². The molecule has 0 radical (unpaired) electrons. The second kappa shape index (κ2) is 8.19. The van der Waals surface area contributed by atoms with Crippen molar-refractivity contribution in [1.82, 2.24) is 9.97 Å². The third kappa shape index (κ3) is 7.00. The molecule has 0 amide bonds. The van der Waals surface area contributed by atoms with E-state index in [2.05, 4.69) is 14.7 Å². The first-order valence-corrected chi connectivity index (χ1v) is 8.15. The van der Waals surface area contributed by atoms with Gasteiger partial charge in [-0.2, -0.15) is 0 Å². The second-order valence-electron chi connectivity index (χ2n) is 5.07. The third-order valence-electron chi connectivity index (χ3n) is 2.84. The molecule has 0 unspecified atom stereocenters. The summed E-state index contributed by atoms with van der Waals surface area (Å²) in [5.41, 5.74) is 2.17. The lowest BCUT2D eigenvalue weighted by atomic mass is 10.2. The van der Waals surface area contributed by atoms with Crippen molar-refractivity contribution in [3.63, 3.8) is 0 Å². The maximum absolute atomic E-state index is 12.1. The van der Waals surface area contributed by atoms with Gasteiger partial charge < -0.3 is 9.47 Å². The number of alkyl halides is 3. The average Bonchev–Trinajstić information content (AvgIpc) is 2.50. The molecule has 2 rings (SSSR count). The predicted molar refractivity (Wildman–Crippen MR) is 85.2 cm³/mol. The zero-order valence-electron chi connectivity index (χ0n) is 13.5. The standard InChI is InChI=1S/C16H15F3N2O3S/c1-10-7-11(2)21-15(20-10)25-9-14(22)23-8-12-3-5-13(6-4-12)24-16(17,18)19/h3-7H,8-9H2,1-2H3. The predicted octanol–water partition coefficient (Wildman–Crippen LogP) is 3.83. The van der Waals surface area contributed by atoms with Gasteiger partial charge in [-0.15, -0.1) is 13.2 Å². The smallest absolute Gasteiger partial charge is 0.460 e. The minimum Gasteiger partial charge on any atom is -0.460 e. The number of aromatic nitrogens is 2. The molecule has 2 aromatic rings. The van der Waals surface area contributed by atoms with Crippen molar-refractivity contribution >= 4 is 17.7 Å². The van der Waals surface area contributed by atoms with Crippen LogP contribution in [0, 0.1) is 13.8 Å². The monoisotopic (exact) mass is 372 g/mol. The highest BCUT2D eigenvalue weighted by Crippen LogP contribution is 2.23. The number of ether oxygens (including phenoxy) is 2. The average molecular weight is 372 g/mol. The molecule has 0 aliphatic rings. The van der Waals surface area contributed by atoms with Crippen LogP contribution in [0.1, 0.15) is 17.0 Å². The van der Waals surface area contributed by atoms with Crippen LogP contribution in [-0.4, -0.2) is 28.1 Å². The molecule has 1 heterocycles. The Bertz CT molecular complexity index is 716. The van der Waals surface area contributed by atoms with Crippen molar-refractivity contribution in [3.8, 4) is 5.75 Å². The number of hydrogen-bond donors (Lipinski definition) is 0. The zero-order valence-corrected chi connectivity index (χ0v) is 14.3. The van der Waals surface area contributed by atoms with Gasteiger partial charge >= 0.3 is 12.3 Å². The van der Waals surface area contributed by atoms with Gasteiger partial charge in [0.15, 0.2) is 5.16 Å². The van der Waals surface area contributed by atoms with E-state index in [1.807, 2.05) is 19.9 Å². The van der Waals surface area contributed by atoms with Gasteiger partial charge in [0.25, 0.3) is 0 Å². The number of esters is 1. The topological polar surface area (TPSA) is 61.3 Å². The van der Waals surface area contributed by atoms with E-state index in [4.69, 9.17) is 4.74 Å². The highest BCUT2D eigenvalue weighted by molar-refractivity contribution is 7.99. The fourth-order valence-electron chi connectivity index (χ4n) is 1.87. The number of aryl methyl sites for hydroxylation is 2. The van der Waals surface area contributed by atoms with E-state index in [0.717, 1.165) is 35.3 Å². The zero-order chi connectivity index (χ0) is 18.4. The number of rotatable bonds is 6. The summed E-state index contributed by atoms with van der Waals surface area (Å²) in [6, 6.07) is 6.95. The molecular formula is C16H15F3N2O3S. The van der Waals surface area contributed by atoms with Crippen molar-refractivity contribution < 1.29 is 27.4 Å². The number of carbonyl (C=O) groups is 1. The summed E-state index contributed by atoms with van der Waals surface area (Å²) in [4.78, 5) is 20.1. The number of carbonyl (C=O) groups excluding carboxylic acids is 1. The van der Waals surface area contributed by atoms with E-state index in [-0.39, 0.29) is 18.1 Å². The van der Waals surface area contributed by atoms with Gasteiger partial charge in [0.05, 0.1) is 5.75 Å². The number of halogens is 3. The molecule has 0 N–H and O–H groups in total. The molecular weight excluding hydrogens is 357 g/mol. The summed E-state index contributed by atoms with van der Waals surface area (Å²) in [5, 5.41) is 0.489. The molecule has 134 valence electrons. The van der Waals surface area contributed by atoms with Crippen LogP contribution in [0.5, 0.6) is 5.75 Å². The Balaban J connectivity index is 1.79. The van der Waals surface area contributed by atoms with Crippen molar-refractivity contribution in [3.05, 3.63) is 47.3 Å². The van der Waals surface area contributed by atoms with Crippen molar-refractivity contribution in [2.75, 3.05) is 5.75 Å². The van der Waals surface area contributed by atoms with Gasteiger partial charge in [-0.05, 0) is 37.6 Å². The van der Waals surface area contributed by atoms with E-state index in [9.17, 15) is 18.0 Å². The highest BCUT2D eigenvalue weighted by atomic mass is 32.2. The van der Waals surface area contributed by atoms with Gasteiger partial charge in [0, 0.05) is 11.4 Å². The van der Waals surface area contributed by atoms with Crippen LogP contribution in [0.3, 0.4) is 0 Å². The lowest BCUT2D eigenvalue weighted by molar-refractivity contribution is -0.274. The molecule has 5 nitrogen and oxygen atoms in total. The summed E-state index contributed by atoms with van der Waals surface area (Å²) in [7, 11) is 0. The summed E-state index contributed by atoms with van der Waals surface area (Å²) in [6.45, 7) is 3.63. The molecule has 1 aromatic carbocycles. The van der Waals surface area contributed by atoms with Crippen LogP contribution in [0.25, 0.3) is 0 Å². The van der Waals surface area contributed by atoms with Gasteiger partial charge in [0.2, 0.25) is 0 Å². The van der Waals surface area contributed by atoms with Crippen LogP contribution >= 0.6 is 11.8 Å². The van der Waals surface area contributed by atoms with Crippen LogP contribution in [0.15, 0.2) is 35.5 Å². The molecule has 0 atom stereocenters. The van der Waals surface area contributed by atoms with E-state index < -0.39 is 12.3 Å². The summed E-state index contributed by atoms with van der Waals surface area (Å²) in [6.07, 6.45) is -4.73. The Kier molecular flexibility index (Phi) is 6.24. The largest absolute Gasteiger partial charge is 0.573 e. The summed E-state index contributed by atoms with van der Waals surface area (Å²) >= 11 is 1.16. The molecule has 9 heteroatoms. The molecule has 0 aliphatic carbocycles. The number of nitrogens with zero attached hydrogens (tertiary/aromatic N) is 2. The quantitative estimate of drug-likeness (QED) is 0.436. The van der Waals surface area contributed by atoms with Gasteiger partial charge in [-0.25, -0.2) is 9.97 Å². The van der Waals surface area contributed by atoms with E-state index >= 15 is 0 Å². The van der Waals surface area contributed by atoms with Crippen LogP contribution in [0.2, 0.25) is 0 Å². The van der Waals surface area contributed by atoms with Crippen LogP contribution in [0.4, 0.5) is 13.2 Å². The van der Waals surface area contributed by atoms with Crippen molar-refractivity contribution in [2.24, 2.45) is 0 Å². The van der Waals surface area contributed by atoms with Gasteiger partial charge in [-0.1, -0.05) is 23.9 Å². The second-order valence-corrected chi connectivity index (χ2v) is 6.02. The van der Waals surface area contributed by atoms with E-state index in [0.29, 0.717) is 10.7 Å². The molecule has 1 aromatic heterocycles. The first-order valence-electron chi connectivity index (χ1n) is 7.17. The highest BCUT2D eigenvalue weighted by Gasteiger charge is 2.30. The maximum atomic E-state index is 12.1. The minimum absolute atomic E-state index is 0.0398. The fourth-order valence-corrected chi connectivity index (χ4v) is 2.62. The first-order chi connectivity index (χ1) is 11.7.